The Bertz CT molecular complexity index is 1740. The molecule has 0 N–H and O–H groups in total. The maximum absolute atomic E-state index is 3.51. The van der Waals surface area contributed by atoms with Gasteiger partial charge in [0.1, 0.15) is 0 Å². The lowest BCUT2D eigenvalue weighted by molar-refractivity contribution is 0.222. The average Bonchev–Trinajstić information content (AvgIpc) is 3.20. The van der Waals surface area contributed by atoms with Gasteiger partial charge in [-0.3, -0.25) is 0 Å². The van der Waals surface area contributed by atoms with Crippen LogP contribution in [0.1, 0.15) is 38.9 Å². The predicted octanol–water partition coefficient (Wildman–Crippen LogP) is 11.4. The van der Waals surface area contributed by atoms with Crippen molar-refractivity contribution in [2.75, 3.05) is 0 Å². The highest BCUT2D eigenvalue weighted by Crippen LogP contribution is 2.75. The van der Waals surface area contributed by atoms with E-state index in [0.717, 1.165) is 0 Å². The minimum absolute atomic E-state index is 0.738. The largest absolute Gasteiger partial charge is 0.121 e. The van der Waals surface area contributed by atoms with E-state index in [1.165, 1.54) is 38.9 Å². The summed E-state index contributed by atoms with van der Waals surface area (Å²) in [5, 5.41) is -2.22. The molecule has 0 aromatic heterocycles. The highest BCUT2D eigenvalue weighted by Gasteiger charge is 2.71. The van der Waals surface area contributed by atoms with Gasteiger partial charge < -0.3 is 0 Å². The van der Waals surface area contributed by atoms with Crippen molar-refractivity contribution in [3.63, 3.8) is 0 Å². The van der Waals surface area contributed by atoms with Crippen LogP contribution >= 0.6 is 27.7 Å². The minimum Gasteiger partial charge on any atom is -0.121 e. The second-order valence-electron chi connectivity index (χ2n) is 12.7. The Morgan fingerprint density at radius 3 is 0.510 bits per heavy atom. The number of hydrogen-bond acceptors (Lipinski definition) is 0. The molecule has 3 atom stereocenters. The van der Waals surface area contributed by atoms with Crippen molar-refractivity contribution in [2.45, 2.75) is 20.9 Å². The minimum atomic E-state index is -0.831. The van der Waals surface area contributed by atoms with E-state index >= 15 is 0 Å². The van der Waals surface area contributed by atoms with Gasteiger partial charge in [-0.25, -0.2) is 0 Å². The van der Waals surface area contributed by atoms with E-state index in [1.54, 1.807) is 0 Å². The van der Waals surface area contributed by atoms with Crippen molar-refractivity contribution >= 4 is 27.7 Å². The Kier molecular flexibility index (Phi) is 9.51. The fourth-order valence-electron chi connectivity index (χ4n) is 8.31. The number of benzene rings is 7. The molecule has 0 radical (unpaired) electrons. The predicted molar refractivity (Wildman–Crippen MR) is 218 cm³/mol. The van der Waals surface area contributed by atoms with Crippen LogP contribution in [-0.4, -0.2) is 0 Å². The third kappa shape index (κ3) is 5.25. The van der Waals surface area contributed by atoms with Crippen molar-refractivity contribution in [3.8, 4) is 0 Å². The first-order chi connectivity index (χ1) is 24.0. The van der Waals surface area contributed by atoms with Crippen LogP contribution in [0, 0.1) is 0 Å². The van der Waals surface area contributed by atoms with Gasteiger partial charge in [-0.15, -0.1) is 27.7 Å². The van der Waals surface area contributed by atoms with Gasteiger partial charge in [-0.2, -0.15) is 0 Å². The van der Waals surface area contributed by atoms with Crippen LogP contribution in [0.2, 0.25) is 0 Å². The van der Waals surface area contributed by atoms with Gasteiger partial charge >= 0.3 is 0 Å². The maximum atomic E-state index is 3.51. The molecule has 7 aromatic carbocycles. The molecule has 0 fully saturated rings. The molecule has 0 bridgehead atoms. The van der Waals surface area contributed by atoms with Crippen molar-refractivity contribution in [1.82, 2.24) is 0 Å². The highest BCUT2D eigenvalue weighted by molar-refractivity contribution is 7.22. The summed E-state index contributed by atoms with van der Waals surface area (Å²) in [5.41, 5.74) is 7.59. The van der Waals surface area contributed by atoms with E-state index in [1.807, 2.05) is 0 Å². The lowest BCUT2D eigenvalue weighted by Gasteiger charge is -2.67. The van der Waals surface area contributed by atoms with Gasteiger partial charge in [0.2, 0.25) is 0 Å². The Labute approximate surface area is 298 Å². The Morgan fingerprint density at radius 2 is 0.347 bits per heavy atom. The molecule has 3 heteroatoms. The van der Waals surface area contributed by atoms with Gasteiger partial charge in [-0.05, 0) is 38.9 Å². The summed E-state index contributed by atoms with van der Waals surface area (Å²) in [5.74, 6) is 0. The zero-order valence-electron chi connectivity index (χ0n) is 27.4. The van der Waals surface area contributed by atoms with E-state index < -0.39 is 20.9 Å². The van der Waals surface area contributed by atoms with Crippen LogP contribution in [0.3, 0.4) is 0 Å². The summed E-state index contributed by atoms with van der Waals surface area (Å²) >= 11 is 0. The molecule has 0 spiro atoms. The summed E-state index contributed by atoms with van der Waals surface area (Å²) in [6, 6.07) is 77.8. The van der Waals surface area contributed by atoms with Crippen molar-refractivity contribution < 1.29 is 0 Å². The zero-order chi connectivity index (χ0) is 33.8. The van der Waals surface area contributed by atoms with Crippen LogP contribution in [-0.2, 0) is 20.9 Å². The van der Waals surface area contributed by atoms with E-state index in [2.05, 4.69) is 240 Å². The van der Waals surface area contributed by atoms with Crippen LogP contribution in [0.5, 0.6) is 0 Å². The smallest absolute Gasteiger partial charge is 0.0470 e. The lowest BCUT2D eigenvalue weighted by atomic mass is 9.46. The molecule has 49 heavy (non-hydrogen) atoms. The van der Waals surface area contributed by atoms with Gasteiger partial charge in [0.05, 0.1) is 0 Å². The first-order valence-corrected chi connectivity index (χ1v) is 18.5. The first-order valence-electron chi connectivity index (χ1n) is 16.7. The Balaban J connectivity index is 1.85. The second-order valence-corrected chi connectivity index (χ2v) is 15.3. The molecular weight excluding hydrogens is 645 g/mol. The normalized spacial score (nSPS) is 12.4. The molecule has 0 aliphatic heterocycles. The summed E-state index contributed by atoms with van der Waals surface area (Å²) in [6.07, 6.45) is 0. The number of rotatable bonds is 10. The van der Waals surface area contributed by atoms with E-state index in [0.29, 0.717) is 0 Å². The molecular formula is C46H41P3. The Morgan fingerprint density at radius 1 is 0.204 bits per heavy atom. The standard InChI is InChI=1S/C46H41P3/c47-43(36-22-8-1-9-23-36,37-24-10-2-11-25-37)46(42-34-20-7-21-35-42,44(48,38-26-12-3-13-27-38)39-28-14-4-15-29-39)45(49,40-30-16-5-17-31-40)41-32-18-6-19-33-41/h1-35H,47-49H2. The summed E-state index contributed by atoms with van der Waals surface area (Å²) in [7, 11) is 10.5. The second kappa shape index (κ2) is 14.0. The quantitative estimate of drug-likeness (QED) is 0.126. The molecule has 0 heterocycles. The highest BCUT2D eigenvalue weighted by atomic mass is 31.0. The molecule has 0 saturated heterocycles. The van der Waals surface area contributed by atoms with E-state index in [-0.39, 0.29) is 0 Å². The first kappa shape index (κ1) is 33.3. The molecule has 0 aliphatic carbocycles. The van der Waals surface area contributed by atoms with Gasteiger partial charge in [0.25, 0.3) is 0 Å². The number of hydrogen-bond donors (Lipinski definition) is 0. The molecule has 3 unspecified atom stereocenters. The lowest BCUT2D eigenvalue weighted by Crippen LogP contribution is -2.66. The Hall–Kier alpha value is -4.17. The summed E-state index contributed by atoms with van der Waals surface area (Å²) in [6.45, 7) is 0. The van der Waals surface area contributed by atoms with Crippen LogP contribution in [0.4, 0.5) is 0 Å². The van der Waals surface area contributed by atoms with Crippen LogP contribution < -0.4 is 0 Å². The van der Waals surface area contributed by atoms with Crippen LogP contribution in [0.15, 0.2) is 212 Å². The van der Waals surface area contributed by atoms with Gasteiger partial charge in [0.15, 0.2) is 0 Å². The van der Waals surface area contributed by atoms with Crippen molar-refractivity contribution in [1.29, 1.82) is 0 Å². The van der Waals surface area contributed by atoms with Crippen LogP contribution in [0.25, 0.3) is 0 Å². The molecule has 240 valence electrons. The van der Waals surface area contributed by atoms with Gasteiger partial charge in [0, 0.05) is 20.9 Å². The molecule has 0 saturated carbocycles. The summed E-state index contributed by atoms with van der Waals surface area (Å²) < 4.78 is 0. The molecule has 0 amide bonds. The van der Waals surface area contributed by atoms with E-state index in [9.17, 15) is 0 Å². The van der Waals surface area contributed by atoms with Gasteiger partial charge in [-0.1, -0.05) is 212 Å². The maximum Gasteiger partial charge on any atom is 0.0470 e. The third-order valence-electron chi connectivity index (χ3n) is 10.4. The average molecular weight is 687 g/mol. The fourth-order valence-corrected chi connectivity index (χ4v) is 11.8. The SMILES string of the molecule is PC(c1ccccc1)(c1ccccc1)C(c1ccccc1)(C(P)(c1ccccc1)c1ccccc1)C(P)(c1ccccc1)c1ccccc1. The molecule has 0 nitrogen and oxygen atoms in total. The molecule has 0 aliphatic rings. The topological polar surface area (TPSA) is 0 Å². The third-order valence-corrected chi connectivity index (χ3v) is 13.7. The van der Waals surface area contributed by atoms with Crippen molar-refractivity contribution in [2.24, 2.45) is 0 Å². The fraction of sp³-hybridized carbons (Fsp3) is 0.0870. The summed E-state index contributed by atoms with van der Waals surface area (Å²) in [4.78, 5) is 0. The van der Waals surface area contributed by atoms with Crippen molar-refractivity contribution in [3.05, 3.63) is 251 Å². The zero-order valence-corrected chi connectivity index (χ0v) is 30.9. The molecule has 7 aromatic rings. The monoisotopic (exact) mass is 686 g/mol. The van der Waals surface area contributed by atoms with E-state index in [4.69, 9.17) is 0 Å². The molecule has 7 rings (SSSR count).